The molecule has 0 aliphatic carbocycles. The summed E-state index contributed by atoms with van der Waals surface area (Å²) in [6, 6.07) is 14.0. The van der Waals surface area contributed by atoms with Gasteiger partial charge in [-0.1, -0.05) is 30.3 Å². The van der Waals surface area contributed by atoms with Crippen LogP contribution in [0.2, 0.25) is 0 Å². The molecule has 0 bridgehead atoms. The molecule has 0 fully saturated rings. The summed E-state index contributed by atoms with van der Waals surface area (Å²) in [5.41, 5.74) is 2.88. The molecule has 2 heterocycles. The maximum Gasteiger partial charge on any atom is 0.175 e. The van der Waals surface area contributed by atoms with Crippen molar-refractivity contribution in [2.45, 2.75) is 19.4 Å². The number of hydrogen-bond donors (Lipinski definition) is 2. The first-order chi connectivity index (χ1) is 10.9. The Morgan fingerprint density at radius 3 is 2.68 bits per heavy atom. The van der Waals surface area contributed by atoms with Crippen LogP contribution in [0.15, 0.2) is 48.7 Å². The van der Waals surface area contributed by atoms with Crippen molar-refractivity contribution in [1.82, 2.24) is 15.2 Å². The number of hydrogen-bond acceptors (Lipinski definition) is 5. The Labute approximate surface area is 129 Å². The maximum atomic E-state index is 8.99. The minimum absolute atomic E-state index is 0.150. The zero-order valence-electron chi connectivity index (χ0n) is 12.2. The van der Waals surface area contributed by atoms with Gasteiger partial charge in [0.25, 0.3) is 0 Å². The summed E-state index contributed by atoms with van der Waals surface area (Å²) in [7, 11) is 0. The summed E-state index contributed by atoms with van der Waals surface area (Å²) in [4.78, 5) is 4.43. The van der Waals surface area contributed by atoms with E-state index in [0.717, 1.165) is 16.6 Å². The molecule has 3 aromatic rings. The van der Waals surface area contributed by atoms with E-state index in [1.54, 1.807) is 6.20 Å². The summed E-state index contributed by atoms with van der Waals surface area (Å²) < 4.78 is 0. The van der Waals surface area contributed by atoms with E-state index < -0.39 is 0 Å². The highest BCUT2D eigenvalue weighted by molar-refractivity contribution is 5.89. The fourth-order valence-electron chi connectivity index (χ4n) is 2.37. The molecule has 0 aliphatic heterocycles. The summed E-state index contributed by atoms with van der Waals surface area (Å²) in [5.74, 6) is 0.687. The van der Waals surface area contributed by atoms with E-state index in [1.807, 2.05) is 30.3 Å². The number of fused-ring (bicyclic) bond motifs is 1. The van der Waals surface area contributed by atoms with Crippen molar-refractivity contribution in [2.24, 2.45) is 0 Å². The van der Waals surface area contributed by atoms with Crippen LogP contribution in [0.5, 0.6) is 0 Å². The van der Waals surface area contributed by atoms with Gasteiger partial charge < -0.3 is 10.4 Å². The van der Waals surface area contributed by atoms with Gasteiger partial charge in [0.05, 0.1) is 5.69 Å². The average molecular weight is 294 g/mol. The minimum atomic E-state index is 0.150. The van der Waals surface area contributed by atoms with Crippen LogP contribution in [-0.4, -0.2) is 26.9 Å². The van der Waals surface area contributed by atoms with E-state index in [9.17, 15) is 0 Å². The third-order valence-electron chi connectivity index (χ3n) is 3.49. The predicted octanol–water partition coefficient (Wildman–Crippen LogP) is 2.56. The Bertz CT molecular complexity index is 746. The number of nitrogens with one attached hydrogen (secondary N) is 1. The number of rotatable bonds is 6. The molecule has 2 N–H and O–H groups in total. The number of aliphatic hydroxyl groups is 1. The Morgan fingerprint density at radius 2 is 1.86 bits per heavy atom. The van der Waals surface area contributed by atoms with Crippen LogP contribution < -0.4 is 5.32 Å². The highest BCUT2D eigenvalue weighted by Crippen LogP contribution is 2.21. The van der Waals surface area contributed by atoms with Gasteiger partial charge in [-0.15, -0.1) is 5.10 Å². The number of benzene rings is 1. The van der Waals surface area contributed by atoms with E-state index >= 15 is 0 Å². The van der Waals surface area contributed by atoms with Gasteiger partial charge in [0.1, 0.15) is 5.52 Å². The fourth-order valence-corrected chi connectivity index (χ4v) is 2.37. The molecule has 3 rings (SSSR count). The zero-order valence-corrected chi connectivity index (χ0v) is 12.2. The first kappa shape index (κ1) is 14.4. The van der Waals surface area contributed by atoms with Crippen LogP contribution in [0.25, 0.3) is 10.9 Å². The zero-order chi connectivity index (χ0) is 15.2. The minimum Gasteiger partial charge on any atom is -0.396 e. The van der Waals surface area contributed by atoms with Gasteiger partial charge >= 0.3 is 0 Å². The van der Waals surface area contributed by atoms with Crippen molar-refractivity contribution in [2.75, 3.05) is 11.9 Å². The molecule has 0 radical (unpaired) electrons. The molecule has 2 aromatic heterocycles. The Kier molecular flexibility index (Phi) is 4.56. The molecule has 0 atom stereocenters. The number of aryl methyl sites for hydroxylation is 1. The van der Waals surface area contributed by atoms with Crippen LogP contribution in [0.1, 0.15) is 17.7 Å². The lowest BCUT2D eigenvalue weighted by atomic mass is 10.1. The fraction of sp³-hybridized carbons (Fsp3) is 0.235. The quantitative estimate of drug-likeness (QED) is 0.731. The van der Waals surface area contributed by atoms with Gasteiger partial charge in [-0.3, -0.25) is 4.98 Å². The molecule has 0 saturated heterocycles. The molecule has 0 aliphatic rings. The van der Waals surface area contributed by atoms with E-state index in [4.69, 9.17) is 5.11 Å². The van der Waals surface area contributed by atoms with E-state index in [0.29, 0.717) is 25.2 Å². The molecule has 0 unspecified atom stereocenters. The van der Waals surface area contributed by atoms with Crippen molar-refractivity contribution >= 4 is 16.7 Å². The van der Waals surface area contributed by atoms with E-state index in [-0.39, 0.29) is 6.61 Å². The van der Waals surface area contributed by atoms with Crippen molar-refractivity contribution in [1.29, 1.82) is 0 Å². The Balaban J connectivity index is 1.87. The lowest BCUT2D eigenvalue weighted by Crippen LogP contribution is -2.06. The number of anilines is 1. The molecular formula is C17H18N4O. The van der Waals surface area contributed by atoms with Crippen LogP contribution >= 0.6 is 0 Å². The molecule has 0 amide bonds. The highest BCUT2D eigenvalue weighted by atomic mass is 16.2. The van der Waals surface area contributed by atoms with Crippen LogP contribution in [0.4, 0.5) is 5.82 Å². The summed E-state index contributed by atoms with van der Waals surface area (Å²) in [6.07, 6.45) is 3.13. The number of aliphatic hydroxyl groups excluding tert-OH is 1. The smallest absolute Gasteiger partial charge is 0.175 e. The molecule has 5 nitrogen and oxygen atoms in total. The van der Waals surface area contributed by atoms with Crippen LogP contribution in [0, 0.1) is 0 Å². The largest absolute Gasteiger partial charge is 0.396 e. The number of pyridine rings is 1. The van der Waals surface area contributed by atoms with E-state index in [1.165, 1.54) is 5.56 Å². The molecule has 22 heavy (non-hydrogen) atoms. The summed E-state index contributed by atoms with van der Waals surface area (Å²) in [5, 5.41) is 21.8. The molecule has 112 valence electrons. The normalized spacial score (nSPS) is 10.8. The summed E-state index contributed by atoms with van der Waals surface area (Å²) >= 11 is 0. The van der Waals surface area contributed by atoms with Crippen molar-refractivity contribution in [3.63, 3.8) is 0 Å². The second-order valence-corrected chi connectivity index (χ2v) is 5.06. The lowest BCUT2D eigenvalue weighted by Gasteiger charge is -2.10. The monoisotopic (exact) mass is 294 g/mol. The average Bonchev–Trinajstić information content (AvgIpc) is 2.59. The van der Waals surface area contributed by atoms with Crippen LogP contribution in [0.3, 0.4) is 0 Å². The molecule has 5 heteroatoms. The van der Waals surface area contributed by atoms with Gasteiger partial charge in [0.2, 0.25) is 0 Å². The molecular weight excluding hydrogens is 276 g/mol. The summed E-state index contributed by atoms with van der Waals surface area (Å²) in [6.45, 7) is 0.828. The standard InChI is InChI=1S/C17H18N4O/c22-11-5-9-15-14-8-4-10-18-16(14)17(21-20-15)19-12-13-6-2-1-3-7-13/h1-4,6-8,10,22H,5,9,11-12H2,(H,19,21). The van der Waals surface area contributed by atoms with Gasteiger partial charge in [-0.25, -0.2) is 0 Å². The molecule has 0 spiro atoms. The number of nitrogens with zero attached hydrogens (tertiary/aromatic N) is 3. The Hall–Kier alpha value is -2.53. The van der Waals surface area contributed by atoms with Crippen LogP contribution in [-0.2, 0) is 13.0 Å². The maximum absolute atomic E-state index is 8.99. The third-order valence-corrected chi connectivity index (χ3v) is 3.49. The SMILES string of the molecule is OCCCc1nnc(NCc2ccccc2)c2ncccc12. The van der Waals surface area contributed by atoms with Gasteiger partial charge in [-0.05, 0) is 30.5 Å². The Morgan fingerprint density at radius 1 is 1.00 bits per heavy atom. The first-order valence-electron chi connectivity index (χ1n) is 7.37. The van der Waals surface area contributed by atoms with E-state index in [2.05, 4.69) is 32.6 Å². The van der Waals surface area contributed by atoms with Gasteiger partial charge in [-0.2, -0.15) is 5.10 Å². The number of aromatic nitrogens is 3. The van der Waals surface area contributed by atoms with Crippen molar-refractivity contribution < 1.29 is 5.11 Å². The second kappa shape index (κ2) is 6.95. The topological polar surface area (TPSA) is 70.9 Å². The third kappa shape index (κ3) is 3.20. The van der Waals surface area contributed by atoms with Crippen molar-refractivity contribution in [3.05, 3.63) is 59.9 Å². The predicted molar refractivity (Wildman–Crippen MR) is 86.5 cm³/mol. The molecule has 0 saturated carbocycles. The first-order valence-corrected chi connectivity index (χ1v) is 7.37. The van der Waals surface area contributed by atoms with Gasteiger partial charge in [0, 0.05) is 24.7 Å². The van der Waals surface area contributed by atoms with Crippen molar-refractivity contribution in [3.8, 4) is 0 Å². The molecule has 1 aromatic carbocycles. The van der Waals surface area contributed by atoms with Gasteiger partial charge in [0.15, 0.2) is 5.82 Å². The lowest BCUT2D eigenvalue weighted by molar-refractivity contribution is 0.288. The highest BCUT2D eigenvalue weighted by Gasteiger charge is 2.09. The second-order valence-electron chi connectivity index (χ2n) is 5.06.